The Bertz CT molecular complexity index is 1060. The van der Waals surface area contributed by atoms with E-state index in [1.54, 1.807) is 6.07 Å². The first-order chi connectivity index (χ1) is 13.2. The predicted molar refractivity (Wildman–Crippen MR) is 99.0 cm³/mol. The van der Waals surface area contributed by atoms with E-state index in [1.807, 2.05) is 0 Å². The van der Waals surface area contributed by atoms with E-state index in [4.69, 9.17) is 16.7 Å². The Morgan fingerprint density at radius 2 is 1.71 bits per heavy atom. The van der Waals surface area contributed by atoms with Crippen molar-refractivity contribution in [1.82, 2.24) is 0 Å². The number of alkyl halides is 2. The van der Waals surface area contributed by atoms with Gasteiger partial charge in [-0.15, -0.1) is 0 Å². The molecule has 0 amide bonds. The van der Waals surface area contributed by atoms with Gasteiger partial charge in [-0.1, -0.05) is 35.9 Å². The number of carboxylic acid groups (broad SMARTS) is 1. The van der Waals surface area contributed by atoms with Crippen LogP contribution in [0.25, 0.3) is 10.8 Å². The Morgan fingerprint density at radius 3 is 2.39 bits per heavy atom. The molecule has 0 aliphatic rings. The Kier molecular flexibility index (Phi) is 5.47. The lowest BCUT2D eigenvalue weighted by atomic mass is 9.99. The molecule has 0 heterocycles. The Hall–Kier alpha value is -2.80. The van der Waals surface area contributed by atoms with Gasteiger partial charge >= 0.3 is 5.97 Å². The van der Waals surface area contributed by atoms with Crippen LogP contribution in [0.1, 0.15) is 11.1 Å². The number of carboxylic acids is 1. The molecule has 0 atom stereocenters. The van der Waals surface area contributed by atoms with E-state index < -0.39 is 42.1 Å². The van der Waals surface area contributed by atoms with Crippen molar-refractivity contribution in [3.05, 3.63) is 76.3 Å². The van der Waals surface area contributed by atoms with Crippen molar-refractivity contribution in [3.63, 3.8) is 0 Å². The predicted octanol–water partition coefficient (Wildman–Crippen LogP) is 5.60. The van der Waals surface area contributed by atoms with Crippen LogP contribution >= 0.6 is 11.6 Å². The maximum absolute atomic E-state index is 14.8. The van der Waals surface area contributed by atoms with Gasteiger partial charge < -0.3 is 10.4 Å². The molecule has 3 aromatic rings. The molecule has 146 valence electrons. The van der Waals surface area contributed by atoms with Crippen LogP contribution in [0.3, 0.4) is 0 Å². The average molecular weight is 412 g/mol. The van der Waals surface area contributed by atoms with Crippen LogP contribution in [0, 0.1) is 11.6 Å². The Balaban J connectivity index is 1.91. The molecular formula is C20H14ClF4NO2. The second kappa shape index (κ2) is 7.67. The summed E-state index contributed by atoms with van der Waals surface area (Å²) >= 11 is 5.80. The summed E-state index contributed by atoms with van der Waals surface area (Å²) in [6, 6.07) is 10.2. The maximum atomic E-state index is 14.8. The van der Waals surface area contributed by atoms with Gasteiger partial charge in [-0.25, -0.2) is 8.78 Å². The molecule has 0 aliphatic carbocycles. The third kappa shape index (κ3) is 3.89. The number of hydrogen-bond donors (Lipinski definition) is 2. The molecule has 3 rings (SSSR count). The summed E-state index contributed by atoms with van der Waals surface area (Å²) in [5.74, 6) is -6.38. The minimum atomic E-state index is -3.45. The van der Waals surface area contributed by atoms with Gasteiger partial charge in [0.1, 0.15) is 5.82 Å². The fourth-order valence-electron chi connectivity index (χ4n) is 2.93. The molecule has 0 bridgehead atoms. The summed E-state index contributed by atoms with van der Waals surface area (Å²) in [4.78, 5) is 10.8. The van der Waals surface area contributed by atoms with Crippen LogP contribution in [0.15, 0.2) is 48.5 Å². The number of fused-ring (bicyclic) bond motifs is 1. The lowest BCUT2D eigenvalue weighted by Crippen LogP contribution is -2.25. The smallest absolute Gasteiger partial charge is 0.307 e. The van der Waals surface area contributed by atoms with Crippen molar-refractivity contribution >= 4 is 34.0 Å². The quantitative estimate of drug-likeness (QED) is 0.519. The number of halogens is 5. The van der Waals surface area contributed by atoms with Gasteiger partial charge in [-0.3, -0.25) is 4.79 Å². The molecule has 0 fully saturated rings. The van der Waals surface area contributed by atoms with E-state index in [9.17, 15) is 22.4 Å². The molecule has 3 aromatic carbocycles. The number of anilines is 1. The first-order valence-electron chi connectivity index (χ1n) is 8.19. The van der Waals surface area contributed by atoms with E-state index in [1.165, 1.54) is 24.3 Å². The van der Waals surface area contributed by atoms with Crippen LogP contribution in [0.2, 0.25) is 5.02 Å². The van der Waals surface area contributed by atoms with Crippen LogP contribution in [-0.4, -0.2) is 17.6 Å². The number of nitrogens with one attached hydrogen (secondary N) is 1. The summed E-state index contributed by atoms with van der Waals surface area (Å²) < 4.78 is 57.9. The molecule has 0 aromatic heterocycles. The van der Waals surface area contributed by atoms with Crippen LogP contribution in [0.5, 0.6) is 0 Å². The van der Waals surface area contributed by atoms with Gasteiger partial charge in [0.2, 0.25) is 0 Å². The highest BCUT2D eigenvalue weighted by Gasteiger charge is 2.34. The second-order valence-electron chi connectivity index (χ2n) is 6.16. The summed E-state index contributed by atoms with van der Waals surface area (Å²) in [6.07, 6.45) is -0.681. The minimum absolute atomic E-state index is 0.0532. The molecule has 2 N–H and O–H groups in total. The monoisotopic (exact) mass is 411 g/mol. The fraction of sp³-hybridized carbons (Fsp3) is 0.150. The number of rotatable bonds is 6. The maximum Gasteiger partial charge on any atom is 0.307 e. The van der Waals surface area contributed by atoms with Crippen LogP contribution in [-0.2, 0) is 17.1 Å². The topological polar surface area (TPSA) is 49.3 Å². The number of benzene rings is 3. The van der Waals surface area contributed by atoms with Gasteiger partial charge in [-0.05, 0) is 29.7 Å². The fourth-order valence-corrected chi connectivity index (χ4v) is 3.14. The first kappa shape index (κ1) is 19.9. The van der Waals surface area contributed by atoms with Crippen LogP contribution in [0.4, 0.5) is 23.2 Å². The van der Waals surface area contributed by atoms with Crippen LogP contribution < -0.4 is 5.32 Å². The van der Waals surface area contributed by atoms with Gasteiger partial charge in [-0.2, -0.15) is 8.78 Å². The van der Waals surface area contributed by atoms with Crippen molar-refractivity contribution < 1.29 is 27.5 Å². The molecule has 28 heavy (non-hydrogen) atoms. The normalized spacial score (nSPS) is 11.6. The number of hydrogen-bond acceptors (Lipinski definition) is 2. The molecule has 0 unspecified atom stereocenters. The van der Waals surface area contributed by atoms with E-state index in [0.717, 1.165) is 18.2 Å². The molecular weight excluding hydrogens is 398 g/mol. The van der Waals surface area contributed by atoms with Crippen molar-refractivity contribution in [1.29, 1.82) is 0 Å². The SMILES string of the molecule is O=C(O)Cc1c(Cl)ccc(NCC(F)(F)c2ccc(F)c3ccccc23)c1F. The molecule has 8 heteroatoms. The zero-order valence-electron chi connectivity index (χ0n) is 14.3. The number of aliphatic carboxylic acids is 1. The average Bonchev–Trinajstić information content (AvgIpc) is 2.64. The lowest BCUT2D eigenvalue weighted by molar-refractivity contribution is -0.136. The second-order valence-corrected chi connectivity index (χ2v) is 6.56. The van der Waals surface area contributed by atoms with E-state index in [2.05, 4.69) is 5.32 Å². The largest absolute Gasteiger partial charge is 0.481 e. The standard InChI is InChI=1S/C20H14ClF4NO2/c21-15-6-8-17(19(23)13(15)9-18(27)28)26-10-20(24,25)14-5-7-16(22)12-4-2-1-3-11(12)14/h1-8,26H,9-10H2,(H,27,28). The molecule has 0 aliphatic heterocycles. The summed E-state index contributed by atoms with van der Waals surface area (Å²) in [6.45, 7) is -0.978. The third-order valence-electron chi connectivity index (χ3n) is 4.28. The molecule has 3 nitrogen and oxygen atoms in total. The molecule has 0 saturated heterocycles. The molecule has 0 saturated carbocycles. The summed E-state index contributed by atoms with van der Waals surface area (Å²) in [5, 5.41) is 11.1. The van der Waals surface area contributed by atoms with E-state index in [0.29, 0.717) is 0 Å². The van der Waals surface area contributed by atoms with Gasteiger partial charge in [0.05, 0.1) is 18.7 Å². The van der Waals surface area contributed by atoms with Gasteiger partial charge in [0.25, 0.3) is 5.92 Å². The first-order valence-corrected chi connectivity index (χ1v) is 8.56. The molecule has 0 radical (unpaired) electrons. The minimum Gasteiger partial charge on any atom is -0.481 e. The van der Waals surface area contributed by atoms with Gasteiger partial charge in [0, 0.05) is 21.5 Å². The highest BCUT2D eigenvalue weighted by atomic mass is 35.5. The Morgan fingerprint density at radius 1 is 1.04 bits per heavy atom. The summed E-state index contributed by atoms with van der Waals surface area (Å²) in [5.41, 5.74) is -1.00. The van der Waals surface area contributed by atoms with Crippen molar-refractivity contribution in [2.75, 3.05) is 11.9 Å². The Labute approximate surface area is 162 Å². The van der Waals surface area contributed by atoms with Gasteiger partial charge in [0.15, 0.2) is 5.82 Å². The van der Waals surface area contributed by atoms with E-state index in [-0.39, 0.29) is 27.0 Å². The highest BCUT2D eigenvalue weighted by Crippen LogP contribution is 2.35. The lowest BCUT2D eigenvalue weighted by Gasteiger charge is -2.21. The zero-order valence-corrected chi connectivity index (χ0v) is 15.0. The highest BCUT2D eigenvalue weighted by molar-refractivity contribution is 6.31. The van der Waals surface area contributed by atoms with Crippen molar-refractivity contribution in [2.45, 2.75) is 12.3 Å². The van der Waals surface area contributed by atoms with E-state index >= 15 is 0 Å². The van der Waals surface area contributed by atoms with Crippen molar-refractivity contribution in [3.8, 4) is 0 Å². The third-order valence-corrected chi connectivity index (χ3v) is 4.63. The number of carbonyl (C=O) groups is 1. The molecule has 0 spiro atoms. The van der Waals surface area contributed by atoms with Crippen molar-refractivity contribution in [2.24, 2.45) is 0 Å². The summed E-state index contributed by atoms with van der Waals surface area (Å²) in [7, 11) is 0. The zero-order chi connectivity index (χ0) is 20.5.